The first kappa shape index (κ1) is 14.0. The number of hydrogen-bond acceptors (Lipinski definition) is 6. The summed E-state index contributed by atoms with van der Waals surface area (Å²) in [6.45, 7) is 0. The lowest BCUT2D eigenvalue weighted by Gasteiger charge is -2.23. The molecule has 3 aromatic heterocycles. The van der Waals surface area contributed by atoms with E-state index in [4.69, 9.17) is 10.5 Å². The fraction of sp³-hybridized carbons (Fsp3) is 0.0588. The van der Waals surface area contributed by atoms with E-state index in [0.717, 1.165) is 22.4 Å². The molecule has 4 heterocycles. The van der Waals surface area contributed by atoms with Crippen molar-refractivity contribution in [2.24, 2.45) is 5.73 Å². The van der Waals surface area contributed by atoms with Gasteiger partial charge in [-0.15, -0.1) is 5.10 Å². The van der Waals surface area contributed by atoms with E-state index >= 15 is 0 Å². The number of aromatic amines is 1. The van der Waals surface area contributed by atoms with Crippen molar-refractivity contribution in [3.63, 3.8) is 0 Å². The third-order valence-electron chi connectivity index (χ3n) is 3.95. The normalized spacial score (nSPS) is 16.2. The van der Waals surface area contributed by atoms with Gasteiger partial charge in [-0.1, -0.05) is 0 Å². The second-order valence-electron chi connectivity index (χ2n) is 5.26. The van der Waals surface area contributed by atoms with Gasteiger partial charge in [0, 0.05) is 30.4 Å². The van der Waals surface area contributed by atoms with Crippen LogP contribution in [0.2, 0.25) is 0 Å². The molecule has 0 spiro atoms. The molecule has 0 amide bonds. The maximum Gasteiger partial charge on any atom is 0.244 e. The molecule has 1 aliphatic heterocycles. The Morgan fingerprint density at radius 2 is 1.75 bits per heavy atom. The van der Waals surface area contributed by atoms with E-state index in [1.165, 1.54) is 0 Å². The Kier molecular flexibility index (Phi) is 3.21. The van der Waals surface area contributed by atoms with Gasteiger partial charge in [0.25, 0.3) is 0 Å². The first-order valence-electron chi connectivity index (χ1n) is 7.25. The zero-order chi connectivity index (χ0) is 16.5. The van der Waals surface area contributed by atoms with Crippen LogP contribution >= 0.6 is 0 Å². The summed E-state index contributed by atoms with van der Waals surface area (Å²) < 4.78 is 5.55. The highest BCUT2D eigenvalue weighted by Gasteiger charge is 2.35. The third kappa shape index (κ3) is 2.09. The number of nitrogens with two attached hydrogens (primary N) is 1. The zero-order valence-electron chi connectivity index (χ0n) is 12.5. The molecule has 0 saturated carbocycles. The molecule has 0 saturated heterocycles. The molecular formula is C17H12N6O. The number of pyridine rings is 2. The smallest absolute Gasteiger partial charge is 0.244 e. The predicted molar refractivity (Wildman–Crippen MR) is 85.4 cm³/mol. The Labute approximate surface area is 137 Å². The molecule has 0 aliphatic carbocycles. The van der Waals surface area contributed by atoms with E-state index in [1.54, 1.807) is 24.8 Å². The second-order valence-corrected chi connectivity index (χ2v) is 5.26. The molecular weight excluding hydrogens is 304 g/mol. The van der Waals surface area contributed by atoms with Crippen LogP contribution in [0.15, 0.2) is 60.5 Å². The predicted octanol–water partition coefficient (Wildman–Crippen LogP) is 2.08. The van der Waals surface area contributed by atoms with E-state index in [9.17, 15) is 5.26 Å². The van der Waals surface area contributed by atoms with Gasteiger partial charge in [0.15, 0.2) is 0 Å². The number of fused-ring (bicyclic) bond motifs is 1. The van der Waals surface area contributed by atoms with E-state index in [0.29, 0.717) is 11.5 Å². The van der Waals surface area contributed by atoms with Crippen molar-refractivity contribution < 1.29 is 4.74 Å². The quantitative estimate of drug-likeness (QED) is 0.748. The SMILES string of the molecule is N#CC1=C(N)Oc2n[nH]c(-c3ccncc3)c2[C@H]1c1ccncc1. The van der Waals surface area contributed by atoms with Gasteiger partial charge in [-0.05, 0) is 29.8 Å². The molecule has 0 bridgehead atoms. The summed E-state index contributed by atoms with van der Waals surface area (Å²) in [6.07, 6.45) is 6.76. The Bertz CT molecular complexity index is 956. The van der Waals surface area contributed by atoms with Gasteiger partial charge in [0.1, 0.15) is 11.6 Å². The number of nitrogens with one attached hydrogen (secondary N) is 1. The van der Waals surface area contributed by atoms with E-state index in [2.05, 4.69) is 26.2 Å². The standard InChI is InChI=1S/C17H12N6O/c18-9-12-13(10-1-5-20-6-2-10)14-15(11-3-7-21-8-4-11)22-23-17(14)24-16(12)19/h1-8,13H,19H2,(H,22,23)/t13-/m0/s1. The number of nitrogens with zero attached hydrogens (tertiary/aromatic N) is 4. The Hall–Kier alpha value is -3.66. The summed E-state index contributed by atoms with van der Waals surface area (Å²) in [6, 6.07) is 9.61. The molecule has 3 aromatic rings. The van der Waals surface area contributed by atoms with Crippen molar-refractivity contribution in [3.05, 3.63) is 71.6 Å². The average molecular weight is 316 g/mol. The van der Waals surface area contributed by atoms with Crippen molar-refractivity contribution in [1.82, 2.24) is 20.2 Å². The summed E-state index contributed by atoms with van der Waals surface area (Å²) in [5.74, 6) is 0.0726. The number of aromatic nitrogens is 4. The lowest BCUT2D eigenvalue weighted by molar-refractivity contribution is 0.379. The minimum absolute atomic E-state index is 0.0691. The van der Waals surface area contributed by atoms with E-state index in [-0.39, 0.29) is 11.8 Å². The summed E-state index contributed by atoms with van der Waals surface area (Å²) >= 11 is 0. The van der Waals surface area contributed by atoms with Crippen LogP contribution in [0.3, 0.4) is 0 Å². The summed E-state index contributed by atoms with van der Waals surface area (Å²) in [5, 5.41) is 16.8. The maximum atomic E-state index is 9.59. The van der Waals surface area contributed by atoms with Gasteiger partial charge in [0.2, 0.25) is 11.8 Å². The van der Waals surface area contributed by atoms with Crippen LogP contribution in [-0.4, -0.2) is 20.2 Å². The third-order valence-corrected chi connectivity index (χ3v) is 3.95. The molecule has 7 heteroatoms. The zero-order valence-corrected chi connectivity index (χ0v) is 12.5. The number of H-pyrrole nitrogens is 1. The lowest BCUT2D eigenvalue weighted by atomic mass is 9.83. The second kappa shape index (κ2) is 5.52. The minimum Gasteiger partial charge on any atom is -0.420 e. The Morgan fingerprint density at radius 1 is 1.08 bits per heavy atom. The lowest BCUT2D eigenvalue weighted by Crippen LogP contribution is -2.21. The highest BCUT2D eigenvalue weighted by atomic mass is 16.5. The number of hydrogen-bond donors (Lipinski definition) is 2. The van der Waals surface area contributed by atoms with Crippen molar-refractivity contribution >= 4 is 0 Å². The molecule has 7 nitrogen and oxygen atoms in total. The van der Waals surface area contributed by atoms with Crippen LogP contribution in [0.5, 0.6) is 5.88 Å². The van der Waals surface area contributed by atoms with Crippen molar-refractivity contribution in [3.8, 4) is 23.2 Å². The molecule has 0 radical (unpaired) electrons. The van der Waals surface area contributed by atoms with Gasteiger partial charge in [0.05, 0.1) is 17.2 Å². The fourth-order valence-electron chi connectivity index (χ4n) is 2.87. The molecule has 0 fully saturated rings. The molecule has 4 rings (SSSR count). The maximum absolute atomic E-state index is 9.59. The molecule has 1 aliphatic rings. The number of nitriles is 1. The molecule has 3 N–H and O–H groups in total. The fourth-order valence-corrected chi connectivity index (χ4v) is 2.87. The highest BCUT2D eigenvalue weighted by molar-refractivity contribution is 5.70. The van der Waals surface area contributed by atoms with Crippen LogP contribution in [-0.2, 0) is 0 Å². The first-order chi connectivity index (χ1) is 11.8. The van der Waals surface area contributed by atoms with Crippen LogP contribution in [0.25, 0.3) is 11.3 Å². The molecule has 1 atom stereocenters. The monoisotopic (exact) mass is 316 g/mol. The number of ether oxygens (including phenoxy) is 1. The molecule has 24 heavy (non-hydrogen) atoms. The van der Waals surface area contributed by atoms with Gasteiger partial charge in [-0.25, -0.2) is 0 Å². The summed E-state index contributed by atoms with van der Waals surface area (Å²) in [5.41, 5.74) is 9.63. The number of rotatable bonds is 2. The van der Waals surface area contributed by atoms with Gasteiger partial charge < -0.3 is 10.5 Å². The summed E-state index contributed by atoms with van der Waals surface area (Å²) in [4.78, 5) is 8.07. The van der Waals surface area contributed by atoms with Crippen LogP contribution in [0.4, 0.5) is 0 Å². The molecule has 0 aromatic carbocycles. The van der Waals surface area contributed by atoms with Crippen LogP contribution in [0.1, 0.15) is 17.0 Å². The van der Waals surface area contributed by atoms with Crippen LogP contribution in [0, 0.1) is 11.3 Å². The van der Waals surface area contributed by atoms with Crippen molar-refractivity contribution in [2.75, 3.05) is 0 Å². The van der Waals surface area contributed by atoms with Gasteiger partial charge >= 0.3 is 0 Å². The number of allylic oxidation sites excluding steroid dienone is 1. The first-order valence-corrected chi connectivity index (χ1v) is 7.25. The Balaban J connectivity index is 1.96. The largest absolute Gasteiger partial charge is 0.420 e. The van der Waals surface area contributed by atoms with Crippen molar-refractivity contribution in [2.45, 2.75) is 5.92 Å². The van der Waals surface area contributed by atoms with E-state index < -0.39 is 0 Å². The van der Waals surface area contributed by atoms with Gasteiger partial charge in [-0.3, -0.25) is 15.1 Å². The highest BCUT2D eigenvalue weighted by Crippen LogP contribution is 2.45. The minimum atomic E-state index is -0.372. The van der Waals surface area contributed by atoms with Crippen LogP contribution < -0.4 is 10.5 Å². The molecule has 116 valence electrons. The summed E-state index contributed by atoms with van der Waals surface area (Å²) in [7, 11) is 0. The Morgan fingerprint density at radius 3 is 2.42 bits per heavy atom. The molecule has 0 unspecified atom stereocenters. The van der Waals surface area contributed by atoms with Crippen molar-refractivity contribution in [1.29, 1.82) is 5.26 Å². The van der Waals surface area contributed by atoms with E-state index in [1.807, 2.05) is 24.3 Å². The average Bonchev–Trinajstić information content (AvgIpc) is 3.05. The van der Waals surface area contributed by atoms with Gasteiger partial charge in [-0.2, -0.15) is 5.26 Å². The topological polar surface area (TPSA) is 114 Å².